The number of hydrogen-bond donors (Lipinski definition) is 5. The highest BCUT2D eigenvalue weighted by atomic mass is 16.6. The molecule has 1 saturated heterocycles. The van der Waals surface area contributed by atoms with Gasteiger partial charge >= 0.3 is 5.69 Å². The van der Waals surface area contributed by atoms with E-state index in [2.05, 4.69) is 4.98 Å². The van der Waals surface area contributed by atoms with Crippen LogP contribution in [0.4, 0.5) is 5.82 Å². The van der Waals surface area contributed by atoms with Crippen LogP contribution in [0.25, 0.3) is 0 Å². The van der Waals surface area contributed by atoms with Gasteiger partial charge in [0.1, 0.15) is 18.0 Å². The van der Waals surface area contributed by atoms with Crippen molar-refractivity contribution < 1.29 is 20.2 Å². The first-order chi connectivity index (χ1) is 8.04. The number of nitrogens with two attached hydrogens (primary N) is 1. The molecule has 9 heteroatoms. The Balaban J connectivity index is 2.32. The van der Waals surface area contributed by atoms with E-state index in [0.29, 0.717) is 0 Å². The van der Waals surface area contributed by atoms with Crippen molar-refractivity contribution in [3.8, 4) is 0 Å². The Kier molecular flexibility index (Phi) is 3.09. The molecule has 0 aromatic carbocycles. The van der Waals surface area contributed by atoms with Crippen LogP contribution in [0.2, 0.25) is 0 Å². The molecule has 0 radical (unpaired) electrons. The van der Waals surface area contributed by atoms with Crippen LogP contribution in [0, 0.1) is 0 Å². The Bertz CT molecular complexity index is 463. The van der Waals surface area contributed by atoms with Crippen LogP contribution in [-0.2, 0) is 4.74 Å². The monoisotopic (exact) mass is 244 g/mol. The molecule has 1 aliphatic heterocycles. The number of aromatic nitrogens is 2. The molecule has 2 heterocycles. The first-order valence-corrected chi connectivity index (χ1v) is 4.80. The summed E-state index contributed by atoms with van der Waals surface area (Å²) in [5, 5.41) is 27.8. The van der Waals surface area contributed by atoms with Gasteiger partial charge in [0.15, 0.2) is 12.5 Å². The molecule has 6 N–H and O–H groups in total. The van der Waals surface area contributed by atoms with Crippen molar-refractivity contribution in [2.24, 2.45) is 0 Å². The average molecular weight is 244 g/mol. The smallest absolute Gasteiger partial charge is 0.351 e. The first kappa shape index (κ1) is 12.0. The summed E-state index contributed by atoms with van der Waals surface area (Å²) in [5.74, 6) is 0.0381. The summed E-state index contributed by atoms with van der Waals surface area (Å²) in [6.07, 6.45) is -3.78. The largest absolute Gasteiger partial charge is 0.386 e. The summed E-state index contributed by atoms with van der Waals surface area (Å²) in [4.78, 5) is 14.9. The molecule has 9 nitrogen and oxygen atoms in total. The van der Waals surface area contributed by atoms with Gasteiger partial charge in [0.05, 0.1) is 0 Å². The zero-order valence-corrected chi connectivity index (χ0v) is 8.59. The number of hydroxylamine groups is 1. The van der Waals surface area contributed by atoms with E-state index in [4.69, 9.17) is 15.7 Å². The number of rotatable bonds is 2. The number of nitrogens with zero attached hydrogens (tertiary/aromatic N) is 2. The topological polar surface area (TPSA) is 143 Å². The highest BCUT2D eigenvalue weighted by Crippen LogP contribution is 2.26. The molecule has 94 valence electrons. The molecule has 1 aliphatic rings. The van der Waals surface area contributed by atoms with Crippen molar-refractivity contribution in [3.05, 3.63) is 22.7 Å². The van der Waals surface area contributed by atoms with Gasteiger partial charge in [0, 0.05) is 6.20 Å². The minimum Gasteiger partial charge on any atom is -0.386 e. The van der Waals surface area contributed by atoms with E-state index in [1.165, 1.54) is 12.3 Å². The number of nitrogens with one attached hydrogen (secondary N) is 1. The van der Waals surface area contributed by atoms with E-state index in [1.807, 2.05) is 0 Å². The van der Waals surface area contributed by atoms with Crippen LogP contribution in [0.5, 0.6) is 0 Å². The van der Waals surface area contributed by atoms with Crippen molar-refractivity contribution in [1.82, 2.24) is 15.0 Å². The molecule has 17 heavy (non-hydrogen) atoms. The van der Waals surface area contributed by atoms with Crippen LogP contribution in [0.15, 0.2) is 17.1 Å². The average Bonchev–Trinajstić information content (AvgIpc) is 2.57. The first-order valence-electron chi connectivity index (χ1n) is 4.80. The standard InChI is InChI=1S/C8H12N4O5/c9-3-1-2-12(8(15)10-3)7-5(14)4(13)6(11-16)17-7/h1-2,4-7,11,13-14,16H,(H2,9,10,15)/t4-,5-,6-,7?/m0/s1. The number of anilines is 1. The fourth-order valence-corrected chi connectivity index (χ4v) is 1.62. The normalized spacial score (nSPS) is 32.9. The van der Waals surface area contributed by atoms with Gasteiger partial charge in [-0.2, -0.15) is 10.5 Å². The summed E-state index contributed by atoms with van der Waals surface area (Å²) < 4.78 is 6.04. The molecule has 0 saturated carbocycles. The van der Waals surface area contributed by atoms with Gasteiger partial charge in [-0.15, -0.1) is 0 Å². The lowest BCUT2D eigenvalue weighted by molar-refractivity contribution is -0.0973. The molecular weight excluding hydrogens is 232 g/mol. The zero-order chi connectivity index (χ0) is 12.6. The number of ether oxygens (including phenoxy) is 1. The molecule has 0 amide bonds. The molecule has 1 aromatic rings. The van der Waals surface area contributed by atoms with Gasteiger partial charge < -0.3 is 25.9 Å². The maximum absolute atomic E-state index is 11.5. The maximum Gasteiger partial charge on any atom is 0.351 e. The van der Waals surface area contributed by atoms with Crippen LogP contribution in [0.1, 0.15) is 6.23 Å². The van der Waals surface area contributed by atoms with E-state index < -0.39 is 30.4 Å². The minimum absolute atomic E-state index is 0.0381. The van der Waals surface area contributed by atoms with Gasteiger partial charge in [0.2, 0.25) is 0 Å². The van der Waals surface area contributed by atoms with Crippen LogP contribution in [0.3, 0.4) is 0 Å². The fraction of sp³-hybridized carbons (Fsp3) is 0.500. The quantitative estimate of drug-likeness (QED) is 0.356. The third-order valence-corrected chi connectivity index (χ3v) is 2.49. The number of aliphatic hydroxyl groups is 2. The Morgan fingerprint density at radius 1 is 1.47 bits per heavy atom. The lowest BCUT2D eigenvalue weighted by Gasteiger charge is -2.16. The Labute approximate surface area is 95.0 Å². The predicted octanol–water partition coefficient (Wildman–Crippen LogP) is -2.62. The molecule has 1 aromatic heterocycles. The molecule has 4 atom stereocenters. The van der Waals surface area contributed by atoms with E-state index in [-0.39, 0.29) is 5.82 Å². The van der Waals surface area contributed by atoms with E-state index in [9.17, 15) is 15.0 Å². The summed E-state index contributed by atoms with van der Waals surface area (Å²) in [7, 11) is 0. The third kappa shape index (κ3) is 2.01. The summed E-state index contributed by atoms with van der Waals surface area (Å²) in [5.41, 5.74) is 6.27. The highest BCUT2D eigenvalue weighted by molar-refractivity contribution is 5.23. The van der Waals surface area contributed by atoms with Crippen LogP contribution in [-0.4, -0.2) is 43.4 Å². The number of nitrogen functional groups attached to an aromatic ring is 1. The second kappa shape index (κ2) is 4.39. The van der Waals surface area contributed by atoms with Crippen molar-refractivity contribution >= 4 is 5.82 Å². The predicted molar refractivity (Wildman–Crippen MR) is 53.8 cm³/mol. The van der Waals surface area contributed by atoms with Gasteiger partial charge in [0.25, 0.3) is 0 Å². The van der Waals surface area contributed by atoms with Crippen LogP contribution >= 0.6 is 0 Å². The SMILES string of the molecule is Nc1ccn(C2O[C@H](NO)[C@@H](O)[C@@H]2O)c(=O)n1. The third-order valence-electron chi connectivity index (χ3n) is 2.49. The van der Waals surface area contributed by atoms with Gasteiger partial charge in [-0.3, -0.25) is 4.57 Å². The summed E-state index contributed by atoms with van der Waals surface area (Å²) in [6.45, 7) is 0. The summed E-state index contributed by atoms with van der Waals surface area (Å²) >= 11 is 0. The second-order valence-electron chi connectivity index (χ2n) is 3.60. The number of hydrogen-bond acceptors (Lipinski definition) is 8. The zero-order valence-electron chi connectivity index (χ0n) is 8.59. The van der Waals surface area contributed by atoms with Crippen molar-refractivity contribution in [2.45, 2.75) is 24.7 Å². The lowest BCUT2D eigenvalue weighted by atomic mass is 10.2. The van der Waals surface area contributed by atoms with Gasteiger partial charge in [-0.1, -0.05) is 0 Å². The number of aliphatic hydroxyl groups excluding tert-OH is 2. The van der Waals surface area contributed by atoms with Crippen molar-refractivity contribution in [2.75, 3.05) is 5.73 Å². The van der Waals surface area contributed by atoms with Gasteiger partial charge in [-0.05, 0) is 6.07 Å². The molecule has 0 bridgehead atoms. The fourth-order valence-electron chi connectivity index (χ4n) is 1.62. The lowest BCUT2D eigenvalue weighted by Crippen LogP contribution is -2.39. The Morgan fingerprint density at radius 3 is 2.71 bits per heavy atom. The van der Waals surface area contributed by atoms with Gasteiger partial charge in [-0.25, -0.2) is 4.79 Å². The maximum atomic E-state index is 11.5. The second-order valence-corrected chi connectivity index (χ2v) is 3.60. The molecule has 0 aliphatic carbocycles. The highest BCUT2D eigenvalue weighted by Gasteiger charge is 2.44. The Hall–Kier alpha value is -1.52. The molecule has 1 unspecified atom stereocenters. The molecule has 0 spiro atoms. The van der Waals surface area contributed by atoms with E-state index >= 15 is 0 Å². The molecule has 2 rings (SSSR count). The van der Waals surface area contributed by atoms with Crippen LogP contribution < -0.4 is 16.9 Å². The summed E-state index contributed by atoms with van der Waals surface area (Å²) in [6, 6.07) is 1.35. The minimum atomic E-state index is -1.37. The molecular formula is C8H12N4O5. The van der Waals surface area contributed by atoms with Crippen molar-refractivity contribution in [1.29, 1.82) is 0 Å². The van der Waals surface area contributed by atoms with E-state index in [1.54, 1.807) is 5.48 Å². The van der Waals surface area contributed by atoms with Crippen molar-refractivity contribution in [3.63, 3.8) is 0 Å². The Morgan fingerprint density at radius 2 is 2.18 bits per heavy atom. The van der Waals surface area contributed by atoms with E-state index in [0.717, 1.165) is 4.57 Å². The molecule has 1 fully saturated rings.